The third kappa shape index (κ3) is 2.60. The van der Waals surface area contributed by atoms with Crippen LogP contribution in [0.3, 0.4) is 0 Å². The van der Waals surface area contributed by atoms with Gasteiger partial charge >= 0.3 is 5.97 Å². The summed E-state index contributed by atoms with van der Waals surface area (Å²) in [7, 11) is 1.38. The summed E-state index contributed by atoms with van der Waals surface area (Å²) >= 11 is 0. The van der Waals surface area contributed by atoms with E-state index in [-0.39, 0.29) is 5.97 Å². The lowest BCUT2D eigenvalue weighted by Gasteiger charge is -2.18. The highest BCUT2D eigenvalue weighted by atomic mass is 16.5. The molecule has 0 spiro atoms. The Morgan fingerprint density at radius 2 is 2.00 bits per heavy atom. The second-order valence-electron chi connectivity index (χ2n) is 5.68. The van der Waals surface area contributed by atoms with Gasteiger partial charge in [0.25, 0.3) is 0 Å². The standard InChI is InChI=1S/C16H21N3O2/c1-21-15(20)11-8-9-14-13(10-11)18-16(17)19(14)12-6-4-2-3-5-7-12/h8-10,12H,2-7H2,1H3,(H2,17,18). The van der Waals surface area contributed by atoms with E-state index in [4.69, 9.17) is 10.5 Å². The van der Waals surface area contributed by atoms with Crippen molar-refractivity contribution in [3.63, 3.8) is 0 Å². The minimum Gasteiger partial charge on any atom is -0.465 e. The number of anilines is 1. The summed E-state index contributed by atoms with van der Waals surface area (Å²) in [6, 6.07) is 5.88. The van der Waals surface area contributed by atoms with Crippen LogP contribution in [0.2, 0.25) is 0 Å². The molecule has 1 saturated carbocycles. The second kappa shape index (κ2) is 5.76. The zero-order valence-electron chi connectivity index (χ0n) is 12.3. The van der Waals surface area contributed by atoms with Crippen molar-refractivity contribution >= 4 is 23.0 Å². The third-order valence-corrected chi connectivity index (χ3v) is 4.33. The summed E-state index contributed by atoms with van der Waals surface area (Å²) < 4.78 is 6.89. The number of nitrogens with zero attached hydrogens (tertiary/aromatic N) is 2. The zero-order valence-corrected chi connectivity index (χ0v) is 12.3. The number of methoxy groups -OCH3 is 1. The van der Waals surface area contributed by atoms with Gasteiger partial charge in [-0.2, -0.15) is 0 Å². The minimum atomic E-state index is -0.348. The molecule has 3 rings (SSSR count). The maximum absolute atomic E-state index is 11.6. The Bertz CT molecular complexity index is 655. The number of esters is 1. The number of benzene rings is 1. The quantitative estimate of drug-likeness (QED) is 0.679. The highest BCUT2D eigenvalue weighted by Crippen LogP contribution is 2.32. The molecule has 1 heterocycles. The molecule has 2 aromatic rings. The fourth-order valence-corrected chi connectivity index (χ4v) is 3.26. The van der Waals surface area contributed by atoms with Gasteiger partial charge in [0.2, 0.25) is 5.95 Å². The van der Waals surface area contributed by atoms with E-state index in [1.165, 1.54) is 32.8 Å². The number of ether oxygens (including phenoxy) is 1. The Kier molecular flexibility index (Phi) is 3.82. The van der Waals surface area contributed by atoms with E-state index in [0.717, 1.165) is 23.9 Å². The number of carbonyl (C=O) groups is 1. The number of aromatic nitrogens is 2. The molecule has 21 heavy (non-hydrogen) atoms. The van der Waals surface area contributed by atoms with Gasteiger partial charge in [-0.1, -0.05) is 25.7 Å². The van der Waals surface area contributed by atoms with E-state index in [1.807, 2.05) is 6.07 Å². The molecule has 0 radical (unpaired) electrons. The van der Waals surface area contributed by atoms with Crippen LogP contribution < -0.4 is 5.73 Å². The lowest BCUT2D eigenvalue weighted by molar-refractivity contribution is 0.0601. The van der Waals surface area contributed by atoms with Crippen molar-refractivity contribution in [2.75, 3.05) is 12.8 Å². The third-order valence-electron chi connectivity index (χ3n) is 4.33. The van der Waals surface area contributed by atoms with Crippen molar-refractivity contribution in [1.29, 1.82) is 0 Å². The number of imidazole rings is 1. The number of nitrogens with two attached hydrogens (primary N) is 1. The summed E-state index contributed by atoms with van der Waals surface area (Å²) in [5.41, 5.74) is 8.41. The normalized spacial score (nSPS) is 16.8. The van der Waals surface area contributed by atoms with Crippen molar-refractivity contribution in [2.45, 2.75) is 44.6 Å². The summed E-state index contributed by atoms with van der Waals surface area (Å²) in [5, 5.41) is 0. The number of nitrogen functional groups attached to an aromatic ring is 1. The molecule has 0 bridgehead atoms. The second-order valence-corrected chi connectivity index (χ2v) is 5.68. The molecule has 0 aliphatic heterocycles. The van der Waals surface area contributed by atoms with E-state index in [2.05, 4.69) is 9.55 Å². The molecule has 112 valence electrons. The lowest BCUT2D eigenvalue weighted by Crippen LogP contribution is -2.11. The average molecular weight is 287 g/mol. The maximum Gasteiger partial charge on any atom is 0.337 e. The van der Waals surface area contributed by atoms with Gasteiger partial charge in [0.05, 0.1) is 23.7 Å². The average Bonchev–Trinajstić information content (AvgIpc) is 2.67. The molecule has 2 N–H and O–H groups in total. The number of hydrogen-bond donors (Lipinski definition) is 1. The number of carbonyl (C=O) groups excluding carboxylic acids is 1. The van der Waals surface area contributed by atoms with E-state index in [1.54, 1.807) is 12.1 Å². The highest BCUT2D eigenvalue weighted by molar-refractivity contribution is 5.94. The van der Waals surface area contributed by atoms with Crippen LogP contribution in [0.1, 0.15) is 54.9 Å². The molecule has 1 aliphatic carbocycles. The molecule has 1 aliphatic rings. The van der Waals surface area contributed by atoms with Crippen LogP contribution in [0.4, 0.5) is 5.95 Å². The summed E-state index contributed by atoms with van der Waals surface area (Å²) in [6.07, 6.45) is 7.38. The predicted molar refractivity (Wildman–Crippen MR) is 82.2 cm³/mol. The van der Waals surface area contributed by atoms with Crippen molar-refractivity contribution in [3.8, 4) is 0 Å². The Balaban J connectivity index is 2.02. The van der Waals surface area contributed by atoms with Crippen LogP contribution >= 0.6 is 0 Å². The summed E-state index contributed by atoms with van der Waals surface area (Å²) in [6.45, 7) is 0. The smallest absolute Gasteiger partial charge is 0.337 e. The topological polar surface area (TPSA) is 70.1 Å². The van der Waals surface area contributed by atoms with Crippen LogP contribution in [-0.4, -0.2) is 22.6 Å². The summed E-state index contributed by atoms with van der Waals surface area (Å²) in [5.74, 6) is 0.193. The van der Waals surface area contributed by atoms with Gasteiger partial charge in [0.1, 0.15) is 0 Å². The van der Waals surface area contributed by atoms with Crippen LogP contribution in [0, 0.1) is 0 Å². The van der Waals surface area contributed by atoms with Crippen LogP contribution in [0.15, 0.2) is 18.2 Å². The van der Waals surface area contributed by atoms with Crippen molar-refractivity contribution in [3.05, 3.63) is 23.8 Å². The Hall–Kier alpha value is -2.04. The van der Waals surface area contributed by atoms with Crippen LogP contribution in [-0.2, 0) is 4.74 Å². The van der Waals surface area contributed by atoms with Gasteiger partial charge < -0.3 is 15.0 Å². The SMILES string of the molecule is COC(=O)c1ccc2c(c1)nc(N)n2C1CCCCCC1. The molecular weight excluding hydrogens is 266 g/mol. The van der Waals surface area contributed by atoms with E-state index in [0.29, 0.717) is 17.6 Å². The molecule has 0 saturated heterocycles. The number of fused-ring (bicyclic) bond motifs is 1. The molecule has 0 amide bonds. The Morgan fingerprint density at radius 1 is 1.29 bits per heavy atom. The van der Waals surface area contributed by atoms with Gasteiger partial charge in [0.15, 0.2) is 0 Å². The molecule has 0 atom stereocenters. The lowest BCUT2D eigenvalue weighted by atomic mass is 10.1. The predicted octanol–water partition coefficient (Wildman–Crippen LogP) is 3.30. The fourth-order valence-electron chi connectivity index (χ4n) is 3.26. The Labute approximate surface area is 124 Å². The van der Waals surface area contributed by atoms with E-state index < -0.39 is 0 Å². The first-order valence-corrected chi connectivity index (χ1v) is 7.56. The zero-order chi connectivity index (χ0) is 14.8. The van der Waals surface area contributed by atoms with Crippen molar-refractivity contribution in [1.82, 2.24) is 9.55 Å². The van der Waals surface area contributed by atoms with Gasteiger partial charge in [0, 0.05) is 6.04 Å². The van der Waals surface area contributed by atoms with E-state index >= 15 is 0 Å². The molecule has 1 aromatic carbocycles. The number of rotatable bonds is 2. The maximum atomic E-state index is 11.6. The van der Waals surface area contributed by atoms with Crippen molar-refractivity contribution in [2.24, 2.45) is 0 Å². The summed E-state index contributed by atoms with van der Waals surface area (Å²) in [4.78, 5) is 16.0. The number of hydrogen-bond acceptors (Lipinski definition) is 4. The Morgan fingerprint density at radius 3 is 2.67 bits per heavy atom. The first-order valence-electron chi connectivity index (χ1n) is 7.56. The first kappa shape index (κ1) is 13.9. The molecule has 1 fully saturated rings. The van der Waals surface area contributed by atoms with Crippen LogP contribution in [0.25, 0.3) is 11.0 Å². The molecule has 1 aromatic heterocycles. The van der Waals surface area contributed by atoms with Gasteiger partial charge in [-0.3, -0.25) is 0 Å². The fraction of sp³-hybridized carbons (Fsp3) is 0.500. The largest absolute Gasteiger partial charge is 0.465 e. The minimum absolute atomic E-state index is 0.348. The molecule has 5 nitrogen and oxygen atoms in total. The van der Waals surface area contributed by atoms with Gasteiger partial charge in [-0.05, 0) is 31.0 Å². The monoisotopic (exact) mass is 287 g/mol. The highest BCUT2D eigenvalue weighted by Gasteiger charge is 2.20. The molecular formula is C16H21N3O2. The van der Waals surface area contributed by atoms with Gasteiger partial charge in [-0.25, -0.2) is 9.78 Å². The van der Waals surface area contributed by atoms with Crippen LogP contribution in [0.5, 0.6) is 0 Å². The molecule has 5 heteroatoms. The van der Waals surface area contributed by atoms with E-state index in [9.17, 15) is 4.79 Å². The van der Waals surface area contributed by atoms with Gasteiger partial charge in [-0.15, -0.1) is 0 Å². The van der Waals surface area contributed by atoms with Crippen molar-refractivity contribution < 1.29 is 9.53 Å². The molecule has 0 unspecified atom stereocenters. The first-order chi connectivity index (χ1) is 10.2.